The Kier molecular flexibility index (Phi) is 4.63. The molecule has 0 aliphatic rings. The monoisotopic (exact) mass is 233 g/mol. The highest BCUT2D eigenvalue weighted by Gasteiger charge is 2.09. The average molecular weight is 233 g/mol. The van der Waals surface area contributed by atoms with Gasteiger partial charge in [-0.2, -0.15) is 0 Å². The second kappa shape index (κ2) is 6.23. The van der Waals surface area contributed by atoms with Crippen molar-refractivity contribution in [2.24, 2.45) is 0 Å². The number of amides is 1. The highest BCUT2D eigenvalue weighted by Crippen LogP contribution is 2.08. The van der Waals surface area contributed by atoms with Crippen LogP contribution in [-0.4, -0.2) is 22.4 Å². The minimum atomic E-state index is -0.568. The summed E-state index contributed by atoms with van der Waals surface area (Å²) in [6.07, 6.45) is 7.40. The number of nitrogens with one attached hydrogen (secondary N) is 1. The quantitative estimate of drug-likeness (QED) is 0.357. The Morgan fingerprint density at radius 2 is 2.35 bits per heavy atom. The molecule has 0 fully saturated rings. The number of hydrogen-bond acceptors (Lipinski definition) is 4. The standard InChI is InChI=1S/C11H11N3O3/c1-2-3-4-7-12-11(15)10-6-5-9(8-13-10)14(16)17/h1,5-6,8H,3-4,7H2,(H,12,15). The Morgan fingerprint density at radius 1 is 1.59 bits per heavy atom. The van der Waals surface area contributed by atoms with Crippen LogP contribution < -0.4 is 5.32 Å². The van der Waals surface area contributed by atoms with Gasteiger partial charge < -0.3 is 5.32 Å². The zero-order valence-electron chi connectivity index (χ0n) is 9.05. The Hall–Kier alpha value is -2.42. The maximum absolute atomic E-state index is 11.5. The van der Waals surface area contributed by atoms with Crippen LogP contribution in [0.5, 0.6) is 0 Å². The molecule has 88 valence electrons. The molecule has 0 saturated carbocycles. The summed E-state index contributed by atoms with van der Waals surface area (Å²) in [6, 6.07) is 2.55. The molecule has 1 N–H and O–H groups in total. The third-order valence-corrected chi connectivity index (χ3v) is 1.97. The first-order valence-electron chi connectivity index (χ1n) is 4.97. The summed E-state index contributed by atoms with van der Waals surface area (Å²) in [5.41, 5.74) is 0.00480. The van der Waals surface area contributed by atoms with Gasteiger partial charge in [-0.3, -0.25) is 14.9 Å². The summed E-state index contributed by atoms with van der Waals surface area (Å²) in [7, 11) is 0. The summed E-state index contributed by atoms with van der Waals surface area (Å²) >= 11 is 0. The Balaban J connectivity index is 2.52. The summed E-state index contributed by atoms with van der Waals surface area (Å²) in [5, 5.41) is 13.0. The highest BCUT2D eigenvalue weighted by molar-refractivity contribution is 5.92. The number of nitrogens with zero attached hydrogens (tertiary/aromatic N) is 2. The molecule has 0 radical (unpaired) electrons. The van der Waals surface area contributed by atoms with Crippen LogP contribution in [-0.2, 0) is 0 Å². The first-order valence-corrected chi connectivity index (χ1v) is 4.97. The van der Waals surface area contributed by atoms with Crippen molar-refractivity contribution >= 4 is 11.6 Å². The van der Waals surface area contributed by atoms with Crippen molar-refractivity contribution in [2.45, 2.75) is 12.8 Å². The lowest BCUT2D eigenvalue weighted by Crippen LogP contribution is -2.25. The molecule has 0 aliphatic heterocycles. The summed E-state index contributed by atoms with van der Waals surface area (Å²) in [6.45, 7) is 0.460. The van der Waals surface area contributed by atoms with Crippen molar-refractivity contribution in [3.05, 3.63) is 34.1 Å². The Morgan fingerprint density at radius 3 is 2.88 bits per heavy atom. The average Bonchev–Trinajstić information content (AvgIpc) is 2.34. The van der Waals surface area contributed by atoms with E-state index in [9.17, 15) is 14.9 Å². The lowest BCUT2D eigenvalue weighted by Gasteiger charge is -2.02. The molecular formula is C11H11N3O3. The molecule has 0 spiro atoms. The van der Waals surface area contributed by atoms with Gasteiger partial charge in [-0.15, -0.1) is 12.3 Å². The molecule has 0 saturated heterocycles. The van der Waals surface area contributed by atoms with Crippen LogP contribution in [0.1, 0.15) is 23.3 Å². The van der Waals surface area contributed by atoms with Crippen LogP contribution in [0.4, 0.5) is 5.69 Å². The zero-order valence-corrected chi connectivity index (χ0v) is 9.05. The molecule has 6 nitrogen and oxygen atoms in total. The van der Waals surface area contributed by atoms with Gasteiger partial charge in [0.2, 0.25) is 0 Å². The van der Waals surface area contributed by atoms with Crippen LogP contribution in [0, 0.1) is 22.5 Å². The van der Waals surface area contributed by atoms with Gasteiger partial charge in [-0.25, -0.2) is 4.98 Å². The van der Waals surface area contributed by atoms with Crippen molar-refractivity contribution < 1.29 is 9.72 Å². The van der Waals surface area contributed by atoms with E-state index < -0.39 is 4.92 Å². The van der Waals surface area contributed by atoms with E-state index in [1.807, 2.05) is 0 Å². The van der Waals surface area contributed by atoms with Crippen molar-refractivity contribution in [1.82, 2.24) is 10.3 Å². The number of rotatable bonds is 5. The highest BCUT2D eigenvalue weighted by atomic mass is 16.6. The second-order valence-corrected chi connectivity index (χ2v) is 3.22. The second-order valence-electron chi connectivity index (χ2n) is 3.22. The molecular weight excluding hydrogens is 222 g/mol. The van der Waals surface area contributed by atoms with Gasteiger partial charge in [0, 0.05) is 19.0 Å². The number of terminal acetylenes is 1. The largest absolute Gasteiger partial charge is 0.351 e. The summed E-state index contributed by atoms with van der Waals surface area (Å²) in [5.74, 6) is 2.10. The van der Waals surface area contributed by atoms with Gasteiger partial charge in [0.05, 0.1) is 4.92 Å². The van der Waals surface area contributed by atoms with Crippen LogP contribution >= 0.6 is 0 Å². The predicted molar refractivity (Wildman–Crippen MR) is 61.3 cm³/mol. The van der Waals surface area contributed by atoms with E-state index >= 15 is 0 Å². The van der Waals surface area contributed by atoms with Crippen LogP contribution in [0.25, 0.3) is 0 Å². The molecule has 1 rings (SSSR count). The van der Waals surface area contributed by atoms with E-state index in [1.54, 1.807) is 0 Å². The van der Waals surface area contributed by atoms with Crippen LogP contribution in [0.3, 0.4) is 0 Å². The van der Waals surface area contributed by atoms with Crippen LogP contribution in [0.2, 0.25) is 0 Å². The molecule has 1 amide bonds. The van der Waals surface area contributed by atoms with Gasteiger partial charge >= 0.3 is 0 Å². The third-order valence-electron chi connectivity index (χ3n) is 1.97. The number of carbonyl (C=O) groups is 1. The number of pyridine rings is 1. The van der Waals surface area contributed by atoms with E-state index in [2.05, 4.69) is 16.2 Å². The molecule has 6 heteroatoms. The maximum Gasteiger partial charge on any atom is 0.287 e. The van der Waals surface area contributed by atoms with Crippen molar-refractivity contribution in [1.29, 1.82) is 0 Å². The van der Waals surface area contributed by atoms with Gasteiger partial charge in [0.15, 0.2) is 0 Å². The molecule has 0 bridgehead atoms. The van der Waals surface area contributed by atoms with E-state index in [-0.39, 0.29) is 17.3 Å². The number of nitro groups is 1. The van der Waals surface area contributed by atoms with E-state index in [0.717, 1.165) is 6.20 Å². The maximum atomic E-state index is 11.5. The number of unbranched alkanes of at least 4 members (excludes halogenated alkanes) is 1. The molecule has 17 heavy (non-hydrogen) atoms. The predicted octanol–water partition coefficient (Wildman–Crippen LogP) is 1.13. The van der Waals surface area contributed by atoms with Gasteiger partial charge in [-0.1, -0.05) is 0 Å². The number of aromatic nitrogens is 1. The molecule has 0 aromatic carbocycles. The molecule has 0 unspecified atom stereocenters. The first kappa shape index (κ1) is 12.6. The first-order chi connectivity index (χ1) is 8.15. The molecule has 1 aromatic rings. The smallest absolute Gasteiger partial charge is 0.287 e. The fourth-order valence-corrected chi connectivity index (χ4v) is 1.11. The molecule has 0 aliphatic carbocycles. The molecule has 0 atom stereocenters. The van der Waals surface area contributed by atoms with E-state index in [1.165, 1.54) is 12.1 Å². The van der Waals surface area contributed by atoms with E-state index in [4.69, 9.17) is 6.42 Å². The summed E-state index contributed by atoms with van der Waals surface area (Å²) < 4.78 is 0. The Labute approximate surface area is 98.2 Å². The minimum Gasteiger partial charge on any atom is -0.351 e. The van der Waals surface area contributed by atoms with Crippen LogP contribution in [0.15, 0.2) is 18.3 Å². The molecule has 1 heterocycles. The number of hydrogen-bond donors (Lipinski definition) is 1. The van der Waals surface area contributed by atoms with Crippen molar-refractivity contribution in [3.8, 4) is 12.3 Å². The topological polar surface area (TPSA) is 85.1 Å². The van der Waals surface area contributed by atoms with Crippen molar-refractivity contribution in [2.75, 3.05) is 6.54 Å². The van der Waals surface area contributed by atoms with E-state index in [0.29, 0.717) is 19.4 Å². The fourth-order valence-electron chi connectivity index (χ4n) is 1.11. The van der Waals surface area contributed by atoms with Gasteiger partial charge in [0.25, 0.3) is 11.6 Å². The normalized spacial score (nSPS) is 9.35. The lowest BCUT2D eigenvalue weighted by atomic mass is 10.3. The zero-order chi connectivity index (χ0) is 12.7. The molecule has 1 aromatic heterocycles. The summed E-state index contributed by atoms with van der Waals surface area (Å²) in [4.78, 5) is 25.0. The Bertz CT molecular complexity index is 448. The third kappa shape index (κ3) is 3.91. The lowest BCUT2D eigenvalue weighted by molar-refractivity contribution is -0.385. The van der Waals surface area contributed by atoms with Gasteiger partial charge in [0.1, 0.15) is 11.9 Å². The number of carbonyl (C=O) groups excluding carboxylic acids is 1. The van der Waals surface area contributed by atoms with Gasteiger partial charge in [-0.05, 0) is 12.5 Å². The SMILES string of the molecule is C#CCCCNC(=O)c1ccc([N+](=O)[O-])cn1. The van der Waals surface area contributed by atoms with Crippen molar-refractivity contribution in [3.63, 3.8) is 0 Å². The minimum absolute atomic E-state index is 0.145. The fraction of sp³-hybridized carbons (Fsp3) is 0.273.